The lowest BCUT2D eigenvalue weighted by atomic mass is 9.85. The fourth-order valence-electron chi connectivity index (χ4n) is 0.883. The molecule has 0 amide bonds. The van der Waals surface area contributed by atoms with Gasteiger partial charge in [0.25, 0.3) is 0 Å². The number of hydrogen-bond donors (Lipinski definition) is 2. The molecule has 0 aromatic heterocycles. The highest BCUT2D eigenvalue weighted by Crippen LogP contribution is 2.20. The molecule has 2 N–H and O–H groups in total. The molecule has 0 radical (unpaired) electrons. The number of carboxylic acid groups (broad SMARTS) is 2. The number of nitrogens with zero attached hydrogens (tertiary/aromatic N) is 1. The molecule has 2 unspecified atom stereocenters. The third-order valence-electron chi connectivity index (χ3n) is 2.36. The van der Waals surface area contributed by atoms with Gasteiger partial charge in [0.15, 0.2) is 0 Å². The Kier molecular flexibility index (Phi) is 7.81. The molecule has 0 saturated carbocycles. The van der Waals surface area contributed by atoms with Crippen LogP contribution in [0.4, 0.5) is 0 Å². The first-order valence-electron chi connectivity index (χ1n) is 5.62. The van der Waals surface area contributed by atoms with Gasteiger partial charge in [0.1, 0.15) is 0 Å². The van der Waals surface area contributed by atoms with Crippen molar-refractivity contribution in [2.75, 3.05) is 28.2 Å². The second kappa shape index (κ2) is 7.27. The quantitative estimate of drug-likeness (QED) is 0.737. The molecule has 5 nitrogen and oxygen atoms in total. The van der Waals surface area contributed by atoms with Crippen molar-refractivity contribution >= 4 is 11.9 Å². The van der Waals surface area contributed by atoms with Gasteiger partial charge in [0, 0.05) is 0 Å². The Balaban J connectivity index is 0. The van der Waals surface area contributed by atoms with Crippen molar-refractivity contribution in [3.63, 3.8) is 0 Å². The molecule has 102 valence electrons. The van der Waals surface area contributed by atoms with Crippen molar-refractivity contribution in [3.05, 3.63) is 0 Å². The Labute approximate surface area is 104 Å². The molecule has 0 bridgehead atoms. The van der Waals surface area contributed by atoms with Crippen LogP contribution in [-0.2, 0) is 9.59 Å². The molecule has 0 aliphatic carbocycles. The van der Waals surface area contributed by atoms with Crippen molar-refractivity contribution in [3.8, 4) is 0 Å². The highest BCUT2D eigenvalue weighted by Gasteiger charge is 2.28. The highest BCUT2D eigenvalue weighted by molar-refractivity contribution is 5.73. The third-order valence-corrected chi connectivity index (χ3v) is 2.36. The largest absolute Gasteiger partial charge is 0.481 e. The van der Waals surface area contributed by atoms with E-state index in [0.717, 1.165) is 4.48 Å². The number of rotatable bonds is 4. The number of aliphatic carboxylic acids is 2. The molecule has 5 heteroatoms. The van der Waals surface area contributed by atoms with E-state index in [1.165, 1.54) is 13.8 Å². The van der Waals surface area contributed by atoms with E-state index < -0.39 is 23.8 Å². The molecule has 0 aromatic carbocycles. The van der Waals surface area contributed by atoms with Gasteiger partial charge in [-0.15, -0.1) is 0 Å². The lowest BCUT2D eigenvalue weighted by Gasteiger charge is -2.19. The van der Waals surface area contributed by atoms with E-state index in [1.54, 1.807) is 6.92 Å². The maximum Gasteiger partial charge on any atom is 0.306 e. The van der Waals surface area contributed by atoms with Gasteiger partial charge < -0.3 is 14.7 Å². The lowest BCUT2D eigenvalue weighted by Crippen LogP contribution is -2.28. The minimum absolute atomic E-state index is 0.347. The van der Waals surface area contributed by atoms with Crippen LogP contribution in [0.15, 0.2) is 0 Å². The molecule has 0 fully saturated rings. The van der Waals surface area contributed by atoms with Crippen LogP contribution in [0.25, 0.3) is 0 Å². The fourth-order valence-corrected chi connectivity index (χ4v) is 0.883. The zero-order valence-electron chi connectivity index (χ0n) is 11.9. The average molecular weight is 248 g/mol. The molecule has 2 atom stereocenters. The highest BCUT2D eigenvalue weighted by atomic mass is 16.4. The van der Waals surface area contributed by atoms with Crippen molar-refractivity contribution < 1.29 is 24.3 Å². The smallest absolute Gasteiger partial charge is 0.306 e. The minimum atomic E-state index is -0.949. The predicted octanol–water partition coefficient (Wildman–Crippen LogP) is 1.39. The summed E-state index contributed by atoms with van der Waals surface area (Å²) in [4.78, 5) is 20.9. The van der Waals surface area contributed by atoms with Crippen molar-refractivity contribution in [2.24, 2.45) is 17.8 Å². The van der Waals surface area contributed by atoms with Gasteiger partial charge in [0.2, 0.25) is 0 Å². The molecule has 17 heavy (non-hydrogen) atoms. The third kappa shape index (κ3) is 11.2. The topological polar surface area (TPSA) is 74.6 Å². The van der Waals surface area contributed by atoms with Gasteiger partial charge >= 0.3 is 11.9 Å². The number of hydrogen-bond acceptors (Lipinski definition) is 2. The van der Waals surface area contributed by atoms with E-state index >= 15 is 0 Å². The zero-order valence-corrected chi connectivity index (χ0v) is 11.9. The summed E-state index contributed by atoms with van der Waals surface area (Å²) in [6.45, 7) is 4.68. The van der Waals surface area contributed by atoms with Crippen LogP contribution >= 0.6 is 0 Å². The molecule has 0 aromatic rings. The maximum atomic E-state index is 10.5. The first kappa shape index (κ1) is 18.3. The van der Waals surface area contributed by atoms with Crippen LogP contribution in [0.2, 0.25) is 0 Å². The zero-order chi connectivity index (χ0) is 14.4. The van der Waals surface area contributed by atoms with E-state index in [9.17, 15) is 9.59 Å². The maximum absolute atomic E-state index is 10.5. The summed E-state index contributed by atoms with van der Waals surface area (Å²) in [5.74, 6) is -3.47. The first-order chi connectivity index (χ1) is 7.37. The van der Waals surface area contributed by atoms with E-state index in [2.05, 4.69) is 28.2 Å². The Morgan fingerprint density at radius 2 is 1.00 bits per heavy atom. The second-order valence-electron chi connectivity index (χ2n) is 5.80. The summed E-state index contributed by atoms with van der Waals surface area (Å²) in [5, 5.41) is 17.2. The van der Waals surface area contributed by atoms with Gasteiger partial charge in [-0.3, -0.25) is 9.59 Å². The molecular weight excluding hydrogens is 222 g/mol. The predicted molar refractivity (Wildman–Crippen MR) is 66.7 cm³/mol. The van der Waals surface area contributed by atoms with E-state index in [4.69, 9.17) is 10.2 Å². The van der Waals surface area contributed by atoms with Gasteiger partial charge in [-0.2, -0.15) is 0 Å². The van der Waals surface area contributed by atoms with Crippen molar-refractivity contribution in [1.29, 1.82) is 0 Å². The molecule has 0 aliphatic heterocycles. The Morgan fingerprint density at radius 1 is 0.824 bits per heavy atom. The number of carboxylic acids is 2. The van der Waals surface area contributed by atoms with Crippen molar-refractivity contribution in [1.82, 2.24) is 0 Å². The van der Waals surface area contributed by atoms with Crippen LogP contribution in [0.5, 0.6) is 0 Å². The molecule has 0 heterocycles. The standard InChI is InChI=1S/C8H14O4.C4H12N/c1-4(5(2)7(9)10)6(3)8(11)12;1-5(2,3)4/h4-6H,1-3H3,(H,9,10)(H,11,12);1-4H3/q;+1. The second-order valence-corrected chi connectivity index (χ2v) is 5.80. The lowest BCUT2D eigenvalue weighted by molar-refractivity contribution is -0.849. The monoisotopic (exact) mass is 248 g/mol. The van der Waals surface area contributed by atoms with E-state index in [-0.39, 0.29) is 5.92 Å². The average Bonchev–Trinajstić information content (AvgIpc) is 2.11. The van der Waals surface area contributed by atoms with Gasteiger partial charge in [-0.05, 0) is 5.92 Å². The summed E-state index contributed by atoms with van der Waals surface area (Å²) >= 11 is 0. The normalized spacial score (nSPS) is 16.2. The van der Waals surface area contributed by atoms with Gasteiger partial charge in [0.05, 0.1) is 40.0 Å². The summed E-state index contributed by atoms with van der Waals surface area (Å²) in [7, 11) is 8.50. The minimum Gasteiger partial charge on any atom is -0.481 e. The molecule has 0 aliphatic rings. The number of carbonyl (C=O) groups is 2. The van der Waals surface area contributed by atoms with Crippen LogP contribution in [0, 0.1) is 17.8 Å². The Bertz CT molecular complexity index is 232. The summed E-state index contributed by atoms with van der Waals surface area (Å²) in [6.07, 6.45) is 0. The van der Waals surface area contributed by atoms with Crippen LogP contribution in [0.1, 0.15) is 20.8 Å². The van der Waals surface area contributed by atoms with Gasteiger partial charge in [-0.1, -0.05) is 20.8 Å². The Hall–Kier alpha value is -1.10. The van der Waals surface area contributed by atoms with E-state index in [1.807, 2.05) is 0 Å². The molecule has 0 rings (SSSR count). The molecule has 0 spiro atoms. The van der Waals surface area contributed by atoms with Crippen LogP contribution in [0.3, 0.4) is 0 Å². The Morgan fingerprint density at radius 3 is 1.12 bits per heavy atom. The van der Waals surface area contributed by atoms with Crippen LogP contribution in [-0.4, -0.2) is 54.8 Å². The summed E-state index contributed by atoms with van der Waals surface area (Å²) < 4.78 is 1.00. The van der Waals surface area contributed by atoms with Gasteiger partial charge in [-0.25, -0.2) is 0 Å². The van der Waals surface area contributed by atoms with Crippen molar-refractivity contribution in [2.45, 2.75) is 20.8 Å². The SMILES string of the molecule is CC(C(=O)O)C(C)C(C)C(=O)O.C[N+](C)(C)C. The summed E-state index contributed by atoms with van der Waals surface area (Å²) in [6, 6.07) is 0. The van der Waals surface area contributed by atoms with E-state index in [0.29, 0.717) is 0 Å². The molecule has 0 saturated heterocycles. The van der Waals surface area contributed by atoms with Crippen LogP contribution < -0.4 is 0 Å². The first-order valence-corrected chi connectivity index (χ1v) is 5.62. The number of quaternary nitrogens is 1. The summed E-state index contributed by atoms with van der Waals surface area (Å²) in [5.41, 5.74) is 0. The fraction of sp³-hybridized carbons (Fsp3) is 0.833. The molecular formula is C12H26NO4+.